The number of halogens is 1. The predicted octanol–water partition coefficient (Wildman–Crippen LogP) is 4.84. The average molecular weight is 515 g/mol. The van der Waals surface area contributed by atoms with Crippen LogP contribution < -0.4 is 10.4 Å². The first-order chi connectivity index (χ1) is 18.5. The number of aromatic amines is 2. The molecule has 9 heteroatoms. The zero-order chi connectivity index (χ0) is 26.6. The fourth-order valence-corrected chi connectivity index (χ4v) is 4.61. The summed E-state index contributed by atoms with van der Waals surface area (Å²) < 4.78 is 21.2. The monoisotopic (exact) mass is 514 g/mol. The Balaban J connectivity index is 1.59. The Labute approximate surface area is 218 Å². The van der Waals surface area contributed by atoms with Crippen LogP contribution in [0.25, 0.3) is 22.5 Å². The molecule has 0 aliphatic rings. The first kappa shape index (κ1) is 25.0. The minimum Gasteiger partial charge on any atom is -0.493 e. The van der Waals surface area contributed by atoms with Gasteiger partial charge in [-0.1, -0.05) is 49.4 Å². The number of H-pyrrole nitrogens is 2. The molecule has 0 saturated carbocycles. The van der Waals surface area contributed by atoms with E-state index in [4.69, 9.17) is 9.84 Å². The summed E-state index contributed by atoms with van der Waals surface area (Å²) in [7, 11) is 0. The third kappa shape index (κ3) is 4.83. The highest BCUT2D eigenvalue weighted by Crippen LogP contribution is 2.38. The Bertz CT molecular complexity index is 1570. The van der Waals surface area contributed by atoms with Crippen molar-refractivity contribution in [2.75, 3.05) is 13.2 Å². The molecule has 5 aromatic rings. The first-order valence-corrected chi connectivity index (χ1v) is 12.2. The lowest BCUT2D eigenvalue weighted by atomic mass is 9.92. The number of hydrogen-bond acceptors (Lipinski definition) is 5. The number of aromatic hydroxyl groups is 1. The van der Waals surface area contributed by atoms with Crippen LogP contribution in [0.2, 0.25) is 0 Å². The van der Waals surface area contributed by atoms with E-state index in [2.05, 4.69) is 15.0 Å². The Morgan fingerprint density at radius 3 is 2.42 bits per heavy atom. The fourth-order valence-electron chi connectivity index (χ4n) is 4.61. The van der Waals surface area contributed by atoms with E-state index in [1.54, 1.807) is 42.5 Å². The van der Waals surface area contributed by atoms with Gasteiger partial charge in [0.1, 0.15) is 35.7 Å². The predicted molar refractivity (Wildman–Crippen MR) is 142 cm³/mol. The van der Waals surface area contributed by atoms with Gasteiger partial charge < -0.3 is 24.9 Å². The SMILES string of the molecule is C[C@@H](c1ccccc1)[C@@H](c1ncc(-c2ccccc2F)[nH]1)n1c(O)c(-c2ccc(OCCO)cc2)[nH]c1=O. The average Bonchev–Trinajstić information content (AvgIpc) is 3.54. The highest BCUT2D eigenvalue weighted by molar-refractivity contribution is 5.65. The molecule has 2 heterocycles. The molecule has 0 radical (unpaired) electrons. The second-order valence-electron chi connectivity index (χ2n) is 8.90. The van der Waals surface area contributed by atoms with E-state index in [0.717, 1.165) is 5.56 Å². The number of imidazole rings is 2. The van der Waals surface area contributed by atoms with Gasteiger partial charge in [-0.3, -0.25) is 4.57 Å². The van der Waals surface area contributed by atoms with Crippen molar-refractivity contribution in [2.24, 2.45) is 0 Å². The van der Waals surface area contributed by atoms with Crippen LogP contribution in [-0.4, -0.2) is 42.9 Å². The number of ether oxygens (including phenoxy) is 1. The topological polar surface area (TPSA) is 116 Å². The molecule has 0 fully saturated rings. The van der Waals surface area contributed by atoms with E-state index in [1.165, 1.54) is 16.8 Å². The van der Waals surface area contributed by atoms with E-state index in [9.17, 15) is 14.3 Å². The van der Waals surface area contributed by atoms with Gasteiger partial charge in [0, 0.05) is 17.0 Å². The second kappa shape index (κ2) is 10.8. The highest BCUT2D eigenvalue weighted by Gasteiger charge is 2.31. The maximum atomic E-state index is 14.5. The molecule has 0 unspecified atom stereocenters. The van der Waals surface area contributed by atoms with Crippen molar-refractivity contribution in [2.45, 2.75) is 18.9 Å². The van der Waals surface area contributed by atoms with Gasteiger partial charge in [0.05, 0.1) is 18.5 Å². The smallest absolute Gasteiger partial charge is 0.329 e. The number of aliphatic hydroxyl groups is 1. The van der Waals surface area contributed by atoms with Crippen LogP contribution in [0.5, 0.6) is 11.6 Å². The third-order valence-corrected chi connectivity index (χ3v) is 6.52. The lowest BCUT2D eigenvalue weighted by Crippen LogP contribution is -2.27. The van der Waals surface area contributed by atoms with Crippen molar-refractivity contribution < 1.29 is 19.3 Å². The summed E-state index contributed by atoms with van der Waals surface area (Å²) in [6.45, 7) is 2.00. The van der Waals surface area contributed by atoms with Gasteiger partial charge in [0.2, 0.25) is 5.88 Å². The Hall–Kier alpha value is -4.63. The Morgan fingerprint density at radius 2 is 1.71 bits per heavy atom. The van der Waals surface area contributed by atoms with Crippen LogP contribution >= 0.6 is 0 Å². The summed E-state index contributed by atoms with van der Waals surface area (Å²) >= 11 is 0. The molecule has 194 valence electrons. The number of nitrogens with one attached hydrogen (secondary N) is 2. The molecule has 0 saturated heterocycles. The molecule has 2 aromatic heterocycles. The van der Waals surface area contributed by atoms with Gasteiger partial charge >= 0.3 is 5.69 Å². The molecule has 2 atom stereocenters. The van der Waals surface area contributed by atoms with Gasteiger partial charge in [-0.25, -0.2) is 14.2 Å². The minimum atomic E-state index is -0.734. The third-order valence-electron chi connectivity index (χ3n) is 6.52. The molecule has 8 nitrogen and oxygen atoms in total. The maximum absolute atomic E-state index is 14.5. The molecular weight excluding hydrogens is 487 g/mol. The zero-order valence-corrected chi connectivity index (χ0v) is 20.6. The zero-order valence-electron chi connectivity index (χ0n) is 20.6. The van der Waals surface area contributed by atoms with E-state index in [1.807, 2.05) is 37.3 Å². The van der Waals surface area contributed by atoms with Crippen molar-refractivity contribution in [3.05, 3.63) is 113 Å². The summed E-state index contributed by atoms with van der Waals surface area (Å²) in [5.41, 5.74) is 2.05. The number of aromatic nitrogens is 4. The Morgan fingerprint density at radius 1 is 1.00 bits per heavy atom. The summed E-state index contributed by atoms with van der Waals surface area (Å²) in [5, 5.41) is 20.3. The van der Waals surface area contributed by atoms with Crippen LogP contribution in [0.1, 0.15) is 30.3 Å². The lowest BCUT2D eigenvalue weighted by Gasteiger charge is -2.24. The number of hydrogen-bond donors (Lipinski definition) is 4. The van der Waals surface area contributed by atoms with Crippen molar-refractivity contribution >= 4 is 0 Å². The quantitative estimate of drug-likeness (QED) is 0.225. The van der Waals surface area contributed by atoms with Crippen LogP contribution in [0, 0.1) is 5.82 Å². The summed E-state index contributed by atoms with van der Waals surface area (Å²) in [6.07, 6.45) is 1.53. The van der Waals surface area contributed by atoms with Gasteiger partial charge in [0.15, 0.2) is 0 Å². The number of nitrogens with zero attached hydrogens (tertiary/aromatic N) is 2. The standard InChI is InChI=1S/C29H27FN4O4/c1-18(19-7-3-2-4-8-19)26(27-31-17-24(32-27)22-9-5-6-10-23(22)30)34-28(36)25(33-29(34)37)20-11-13-21(14-12-20)38-16-15-35/h2-14,17-18,26,35-36H,15-16H2,1H3,(H,31,32)(H,33,37)/t18-,26-/m0/s1. The Kier molecular flexibility index (Phi) is 7.10. The van der Waals surface area contributed by atoms with E-state index in [-0.39, 0.29) is 30.7 Å². The van der Waals surface area contributed by atoms with Gasteiger partial charge in [0.25, 0.3) is 0 Å². The van der Waals surface area contributed by atoms with Crippen LogP contribution in [0.4, 0.5) is 4.39 Å². The molecule has 38 heavy (non-hydrogen) atoms. The maximum Gasteiger partial charge on any atom is 0.329 e. The molecular formula is C29H27FN4O4. The van der Waals surface area contributed by atoms with Crippen LogP contribution in [-0.2, 0) is 0 Å². The van der Waals surface area contributed by atoms with E-state index < -0.39 is 17.5 Å². The fraction of sp³-hybridized carbons (Fsp3) is 0.172. The summed E-state index contributed by atoms with van der Waals surface area (Å²) in [6, 6.07) is 22.0. The molecule has 0 aliphatic heterocycles. The largest absolute Gasteiger partial charge is 0.493 e. The molecule has 0 spiro atoms. The molecule has 3 aromatic carbocycles. The van der Waals surface area contributed by atoms with Crippen molar-refractivity contribution in [1.29, 1.82) is 0 Å². The first-order valence-electron chi connectivity index (χ1n) is 12.2. The normalized spacial score (nSPS) is 12.8. The molecule has 5 rings (SSSR count). The lowest BCUT2D eigenvalue weighted by molar-refractivity contribution is 0.201. The number of rotatable bonds is 9. The number of aliphatic hydroxyl groups excluding tert-OH is 1. The molecule has 0 amide bonds. The second-order valence-corrected chi connectivity index (χ2v) is 8.90. The van der Waals surface area contributed by atoms with Gasteiger partial charge in [-0.05, 0) is 42.0 Å². The minimum absolute atomic E-state index is 0.106. The van der Waals surface area contributed by atoms with Crippen LogP contribution in [0.15, 0.2) is 89.9 Å². The molecule has 4 N–H and O–H groups in total. The van der Waals surface area contributed by atoms with Gasteiger partial charge in [-0.15, -0.1) is 0 Å². The van der Waals surface area contributed by atoms with E-state index >= 15 is 0 Å². The van der Waals surface area contributed by atoms with Gasteiger partial charge in [-0.2, -0.15) is 0 Å². The van der Waals surface area contributed by atoms with Crippen molar-refractivity contribution in [1.82, 2.24) is 19.5 Å². The van der Waals surface area contributed by atoms with Crippen molar-refractivity contribution in [3.63, 3.8) is 0 Å². The number of benzene rings is 3. The summed E-state index contributed by atoms with van der Waals surface area (Å²) in [5.74, 6) is 0.00454. The van der Waals surface area contributed by atoms with Crippen LogP contribution in [0.3, 0.4) is 0 Å². The molecule has 0 bridgehead atoms. The highest BCUT2D eigenvalue weighted by atomic mass is 19.1. The van der Waals surface area contributed by atoms with E-state index in [0.29, 0.717) is 28.4 Å². The van der Waals surface area contributed by atoms with Crippen molar-refractivity contribution in [3.8, 4) is 34.1 Å². The molecule has 0 aliphatic carbocycles. The summed E-state index contributed by atoms with van der Waals surface area (Å²) in [4.78, 5) is 23.8.